The second-order valence-corrected chi connectivity index (χ2v) is 6.77. The highest BCUT2D eigenvalue weighted by molar-refractivity contribution is 7.99. The average Bonchev–Trinajstić information content (AvgIpc) is 3.30. The van der Waals surface area contributed by atoms with Crippen LogP contribution in [0.1, 0.15) is 11.3 Å². The van der Waals surface area contributed by atoms with E-state index in [1.807, 2.05) is 0 Å². The van der Waals surface area contributed by atoms with Gasteiger partial charge in [-0.3, -0.25) is 9.59 Å². The number of benzene rings is 1. The number of aromatic nitrogens is 2. The van der Waals surface area contributed by atoms with E-state index >= 15 is 0 Å². The van der Waals surface area contributed by atoms with E-state index < -0.39 is 0 Å². The predicted octanol–water partition coefficient (Wildman–Crippen LogP) is 2.01. The Morgan fingerprint density at radius 2 is 1.90 bits per heavy atom. The second-order valence-electron chi connectivity index (χ2n) is 5.83. The van der Waals surface area contributed by atoms with Crippen LogP contribution in [0.15, 0.2) is 75.8 Å². The molecule has 3 aromatic rings. The van der Waals surface area contributed by atoms with Crippen LogP contribution in [0.2, 0.25) is 0 Å². The summed E-state index contributed by atoms with van der Waals surface area (Å²) < 4.78 is 10.6. The molecular weight excluding hydrogens is 406 g/mol. The maximum absolute atomic E-state index is 11.8. The Labute approximate surface area is 176 Å². The fourth-order valence-corrected chi connectivity index (χ4v) is 2.75. The van der Waals surface area contributed by atoms with Gasteiger partial charge in [-0.25, -0.2) is 15.4 Å². The van der Waals surface area contributed by atoms with E-state index in [1.165, 1.54) is 18.0 Å². The van der Waals surface area contributed by atoms with Crippen molar-refractivity contribution in [1.29, 1.82) is 0 Å². The number of carbonyl (C=O) groups excluding carboxylic acids is 2. The smallest absolute Gasteiger partial charge is 0.258 e. The normalized spacial score (nSPS) is 10.7. The lowest BCUT2D eigenvalue weighted by atomic mass is 10.2. The molecular formula is C20H19N5O4S. The number of carbonyl (C=O) groups is 2. The van der Waals surface area contributed by atoms with Crippen LogP contribution in [0.5, 0.6) is 5.75 Å². The number of furan rings is 1. The van der Waals surface area contributed by atoms with Gasteiger partial charge in [0.15, 0.2) is 11.8 Å². The standard InChI is InChI=1S/C20H19N5O4S/c26-18(23-12-17-3-1-10-28-17)13-29-16-6-4-15(5-7-16)11-24-25-19(27)14-30-20-21-8-2-9-22-20/h1-11H,12-14H2,(H,23,26)(H,25,27). The van der Waals surface area contributed by atoms with Crippen molar-refractivity contribution in [3.05, 3.63) is 72.4 Å². The topological polar surface area (TPSA) is 119 Å². The SMILES string of the molecule is O=C(COc1ccc(C=NNC(=O)CSc2ncccn2)cc1)NCc1ccco1. The zero-order chi connectivity index (χ0) is 21.0. The van der Waals surface area contributed by atoms with Gasteiger partial charge in [-0.1, -0.05) is 11.8 Å². The summed E-state index contributed by atoms with van der Waals surface area (Å²) in [7, 11) is 0. The lowest BCUT2D eigenvalue weighted by Crippen LogP contribution is -2.28. The van der Waals surface area contributed by atoms with Gasteiger partial charge in [-0.05, 0) is 48.0 Å². The number of hydrazone groups is 1. The molecule has 2 heterocycles. The van der Waals surface area contributed by atoms with E-state index in [2.05, 4.69) is 25.8 Å². The van der Waals surface area contributed by atoms with Crippen molar-refractivity contribution in [3.8, 4) is 5.75 Å². The van der Waals surface area contributed by atoms with Gasteiger partial charge in [0.25, 0.3) is 11.8 Å². The molecule has 154 valence electrons. The number of hydrogen-bond acceptors (Lipinski definition) is 8. The number of rotatable bonds is 10. The highest BCUT2D eigenvalue weighted by atomic mass is 32.2. The summed E-state index contributed by atoms with van der Waals surface area (Å²) in [5, 5.41) is 7.14. The summed E-state index contributed by atoms with van der Waals surface area (Å²) in [4.78, 5) is 31.6. The first kappa shape index (κ1) is 21.1. The van der Waals surface area contributed by atoms with Gasteiger partial charge in [-0.15, -0.1) is 0 Å². The third-order valence-corrected chi connectivity index (χ3v) is 4.44. The van der Waals surface area contributed by atoms with Crippen LogP contribution in [-0.2, 0) is 16.1 Å². The van der Waals surface area contributed by atoms with E-state index in [0.717, 1.165) is 5.56 Å². The molecule has 0 fully saturated rings. The van der Waals surface area contributed by atoms with Crippen LogP contribution in [-0.4, -0.2) is 40.4 Å². The highest BCUT2D eigenvalue weighted by Crippen LogP contribution is 2.11. The maximum Gasteiger partial charge on any atom is 0.258 e. The van der Waals surface area contributed by atoms with E-state index in [0.29, 0.717) is 23.2 Å². The molecule has 0 spiro atoms. The lowest BCUT2D eigenvalue weighted by Gasteiger charge is -2.06. The summed E-state index contributed by atoms with van der Waals surface area (Å²) in [6.45, 7) is 0.209. The molecule has 0 aliphatic heterocycles. The van der Waals surface area contributed by atoms with Crippen LogP contribution in [0.25, 0.3) is 0 Å². The average molecular weight is 425 g/mol. The molecule has 1 aromatic carbocycles. The van der Waals surface area contributed by atoms with E-state index in [9.17, 15) is 9.59 Å². The van der Waals surface area contributed by atoms with Gasteiger partial charge in [0.2, 0.25) is 0 Å². The minimum Gasteiger partial charge on any atom is -0.484 e. The number of ether oxygens (including phenoxy) is 1. The quantitative estimate of drug-likeness (QED) is 0.221. The minimum atomic E-state index is -0.260. The Hall–Kier alpha value is -3.66. The maximum atomic E-state index is 11.8. The molecule has 0 bridgehead atoms. The van der Waals surface area contributed by atoms with Gasteiger partial charge >= 0.3 is 0 Å². The molecule has 0 unspecified atom stereocenters. The molecule has 10 heteroatoms. The van der Waals surface area contributed by atoms with Crippen LogP contribution >= 0.6 is 11.8 Å². The first-order valence-corrected chi connectivity index (χ1v) is 9.91. The predicted molar refractivity (Wildman–Crippen MR) is 111 cm³/mol. The zero-order valence-corrected chi connectivity index (χ0v) is 16.7. The summed E-state index contributed by atoms with van der Waals surface area (Å²) in [6, 6.07) is 12.2. The summed E-state index contributed by atoms with van der Waals surface area (Å²) in [5.74, 6) is 0.869. The number of thioether (sulfide) groups is 1. The van der Waals surface area contributed by atoms with Gasteiger partial charge in [-0.2, -0.15) is 5.10 Å². The Morgan fingerprint density at radius 3 is 2.63 bits per heavy atom. The molecule has 0 radical (unpaired) electrons. The van der Waals surface area contributed by atoms with Gasteiger partial charge in [0.05, 0.1) is 24.8 Å². The Kier molecular flexibility index (Phi) is 7.98. The third-order valence-electron chi connectivity index (χ3n) is 3.57. The highest BCUT2D eigenvalue weighted by Gasteiger charge is 2.05. The lowest BCUT2D eigenvalue weighted by molar-refractivity contribution is -0.123. The summed E-state index contributed by atoms with van der Waals surface area (Å²) in [6.07, 6.45) is 6.30. The molecule has 9 nitrogen and oxygen atoms in total. The van der Waals surface area contributed by atoms with Crippen molar-refractivity contribution in [3.63, 3.8) is 0 Å². The second kappa shape index (κ2) is 11.4. The van der Waals surface area contributed by atoms with Crippen LogP contribution in [0.4, 0.5) is 0 Å². The first-order chi connectivity index (χ1) is 14.7. The van der Waals surface area contributed by atoms with Crippen molar-refractivity contribution in [2.75, 3.05) is 12.4 Å². The van der Waals surface area contributed by atoms with Crippen LogP contribution in [0.3, 0.4) is 0 Å². The number of nitrogens with one attached hydrogen (secondary N) is 2. The summed E-state index contributed by atoms with van der Waals surface area (Å²) >= 11 is 1.22. The van der Waals surface area contributed by atoms with Crippen LogP contribution in [0, 0.1) is 0 Å². The van der Waals surface area contributed by atoms with Gasteiger partial charge in [0, 0.05) is 12.4 Å². The van der Waals surface area contributed by atoms with E-state index in [4.69, 9.17) is 9.15 Å². The van der Waals surface area contributed by atoms with Crippen molar-refractivity contribution < 1.29 is 18.7 Å². The fourth-order valence-electron chi connectivity index (χ4n) is 2.15. The molecule has 2 aromatic heterocycles. The molecule has 0 aliphatic carbocycles. The first-order valence-electron chi connectivity index (χ1n) is 8.93. The number of hydrogen-bond donors (Lipinski definition) is 2. The van der Waals surface area contributed by atoms with E-state index in [1.54, 1.807) is 61.1 Å². The molecule has 0 saturated carbocycles. The van der Waals surface area contributed by atoms with Crippen molar-refractivity contribution in [2.24, 2.45) is 5.10 Å². The largest absolute Gasteiger partial charge is 0.484 e. The molecule has 0 saturated heterocycles. The molecule has 2 N–H and O–H groups in total. The Bertz CT molecular complexity index is 963. The van der Waals surface area contributed by atoms with Crippen molar-refractivity contribution in [1.82, 2.24) is 20.7 Å². The van der Waals surface area contributed by atoms with Crippen LogP contribution < -0.4 is 15.5 Å². The monoisotopic (exact) mass is 425 g/mol. The zero-order valence-electron chi connectivity index (χ0n) is 15.9. The van der Waals surface area contributed by atoms with E-state index in [-0.39, 0.29) is 24.2 Å². The molecule has 2 amide bonds. The molecule has 0 atom stereocenters. The Balaban J connectivity index is 1.35. The Morgan fingerprint density at radius 1 is 1.10 bits per heavy atom. The fraction of sp³-hybridized carbons (Fsp3) is 0.150. The molecule has 0 aliphatic rings. The third kappa shape index (κ3) is 7.40. The molecule has 3 rings (SSSR count). The van der Waals surface area contributed by atoms with Crippen molar-refractivity contribution in [2.45, 2.75) is 11.7 Å². The number of amides is 2. The van der Waals surface area contributed by atoms with Gasteiger partial charge < -0.3 is 14.5 Å². The van der Waals surface area contributed by atoms with Crippen molar-refractivity contribution >= 4 is 29.8 Å². The minimum absolute atomic E-state index is 0.104. The summed E-state index contributed by atoms with van der Waals surface area (Å²) in [5.41, 5.74) is 3.21. The number of nitrogens with zero attached hydrogens (tertiary/aromatic N) is 3. The molecule has 30 heavy (non-hydrogen) atoms. The van der Waals surface area contributed by atoms with Gasteiger partial charge in [0.1, 0.15) is 11.5 Å².